The molecule has 0 radical (unpaired) electrons. The molecule has 2 heterocycles. The molecule has 4 nitrogen and oxygen atoms in total. The van der Waals surface area contributed by atoms with Crippen molar-refractivity contribution in [2.45, 2.75) is 31.3 Å². The SMILES string of the molecule is CC(C)c1nc2c(c(C(=O)O)c1N)CSC2. The Bertz CT molecular complexity index is 458. The Morgan fingerprint density at radius 3 is 2.75 bits per heavy atom. The summed E-state index contributed by atoms with van der Waals surface area (Å²) in [7, 11) is 0. The summed E-state index contributed by atoms with van der Waals surface area (Å²) in [6, 6.07) is 0. The number of anilines is 1. The predicted octanol–water partition coefficient (Wildman–Crippen LogP) is 2.23. The van der Waals surface area contributed by atoms with Gasteiger partial charge in [-0.05, 0) is 5.92 Å². The second-order valence-corrected chi connectivity index (χ2v) is 5.15. The van der Waals surface area contributed by atoms with E-state index in [2.05, 4.69) is 4.98 Å². The van der Waals surface area contributed by atoms with Crippen molar-refractivity contribution >= 4 is 23.4 Å². The van der Waals surface area contributed by atoms with Gasteiger partial charge < -0.3 is 10.8 Å². The molecule has 0 spiro atoms. The maximum atomic E-state index is 11.2. The molecule has 0 unspecified atom stereocenters. The molecule has 3 N–H and O–H groups in total. The van der Waals surface area contributed by atoms with Gasteiger partial charge in [0.05, 0.1) is 22.6 Å². The lowest BCUT2D eigenvalue weighted by molar-refractivity contribution is 0.0697. The molecule has 5 heteroatoms. The third kappa shape index (κ3) is 1.65. The summed E-state index contributed by atoms with van der Waals surface area (Å²) in [5.74, 6) is 0.692. The molecule has 1 aromatic heterocycles. The highest BCUT2D eigenvalue weighted by atomic mass is 32.2. The fourth-order valence-electron chi connectivity index (χ4n) is 1.92. The van der Waals surface area contributed by atoms with Crippen molar-refractivity contribution in [2.24, 2.45) is 0 Å². The van der Waals surface area contributed by atoms with Crippen molar-refractivity contribution in [3.63, 3.8) is 0 Å². The van der Waals surface area contributed by atoms with E-state index in [1.54, 1.807) is 11.8 Å². The van der Waals surface area contributed by atoms with Crippen LogP contribution in [0.1, 0.15) is 47.1 Å². The van der Waals surface area contributed by atoms with Crippen LogP contribution < -0.4 is 5.73 Å². The summed E-state index contributed by atoms with van der Waals surface area (Å²) < 4.78 is 0. The van der Waals surface area contributed by atoms with E-state index in [9.17, 15) is 9.90 Å². The average Bonchev–Trinajstić information content (AvgIpc) is 2.62. The minimum Gasteiger partial charge on any atom is -0.478 e. The molecule has 0 amide bonds. The Labute approximate surface area is 98.3 Å². The number of hydrogen-bond acceptors (Lipinski definition) is 4. The zero-order valence-corrected chi connectivity index (χ0v) is 10.1. The first-order chi connectivity index (χ1) is 7.52. The number of carboxylic acids is 1. The molecule has 2 rings (SSSR count). The Morgan fingerprint density at radius 1 is 1.50 bits per heavy atom. The monoisotopic (exact) mass is 238 g/mol. The van der Waals surface area contributed by atoms with E-state index in [-0.39, 0.29) is 11.5 Å². The van der Waals surface area contributed by atoms with Gasteiger partial charge in [-0.1, -0.05) is 13.8 Å². The van der Waals surface area contributed by atoms with E-state index in [0.29, 0.717) is 17.1 Å². The van der Waals surface area contributed by atoms with Gasteiger partial charge in [-0.15, -0.1) is 0 Å². The lowest BCUT2D eigenvalue weighted by Crippen LogP contribution is -2.13. The lowest BCUT2D eigenvalue weighted by atomic mass is 9.99. The molecule has 0 aromatic carbocycles. The van der Waals surface area contributed by atoms with Crippen molar-refractivity contribution in [3.05, 3.63) is 22.5 Å². The molecule has 86 valence electrons. The first kappa shape index (κ1) is 11.3. The van der Waals surface area contributed by atoms with Crippen molar-refractivity contribution < 1.29 is 9.90 Å². The first-order valence-corrected chi connectivity index (χ1v) is 6.30. The normalized spacial score (nSPS) is 14.2. The number of aromatic carboxylic acids is 1. The van der Waals surface area contributed by atoms with Crippen molar-refractivity contribution in [1.82, 2.24) is 4.98 Å². The second-order valence-electron chi connectivity index (χ2n) is 4.16. The van der Waals surface area contributed by atoms with E-state index >= 15 is 0 Å². The summed E-state index contributed by atoms with van der Waals surface area (Å²) in [5.41, 5.74) is 8.91. The fraction of sp³-hybridized carbons (Fsp3) is 0.455. The highest BCUT2D eigenvalue weighted by Gasteiger charge is 2.26. The number of aromatic nitrogens is 1. The zero-order valence-electron chi connectivity index (χ0n) is 9.28. The van der Waals surface area contributed by atoms with Gasteiger partial charge in [0.2, 0.25) is 0 Å². The standard InChI is InChI=1S/C11H14N2O2S/c1-5(2)10-9(12)8(11(14)15)6-3-16-4-7(6)13-10/h5H,3-4,12H2,1-2H3,(H,14,15). The molecular formula is C11H14N2O2S. The number of hydrogen-bond donors (Lipinski definition) is 2. The van der Waals surface area contributed by atoms with Crippen molar-refractivity contribution in [2.75, 3.05) is 5.73 Å². The summed E-state index contributed by atoms with van der Waals surface area (Å²) in [6.07, 6.45) is 0. The van der Waals surface area contributed by atoms with E-state index in [0.717, 1.165) is 17.0 Å². The highest BCUT2D eigenvalue weighted by Crippen LogP contribution is 2.36. The van der Waals surface area contributed by atoms with Crippen molar-refractivity contribution in [1.29, 1.82) is 0 Å². The molecule has 0 bridgehead atoms. The van der Waals surface area contributed by atoms with Crippen LogP contribution in [-0.2, 0) is 11.5 Å². The fourth-order valence-corrected chi connectivity index (χ4v) is 2.97. The van der Waals surface area contributed by atoms with Gasteiger partial charge >= 0.3 is 5.97 Å². The second kappa shape index (κ2) is 3.97. The van der Waals surface area contributed by atoms with E-state index in [4.69, 9.17) is 5.73 Å². The number of thioether (sulfide) groups is 1. The number of nitrogens with zero attached hydrogens (tertiary/aromatic N) is 1. The smallest absolute Gasteiger partial charge is 0.338 e. The van der Waals surface area contributed by atoms with Crippen LogP contribution in [0.2, 0.25) is 0 Å². The third-order valence-electron chi connectivity index (χ3n) is 2.70. The van der Waals surface area contributed by atoms with E-state index < -0.39 is 5.97 Å². The van der Waals surface area contributed by atoms with Crippen LogP contribution in [0, 0.1) is 0 Å². The predicted molar refractivity (Wildman–Crippen MR) is 64.7 cm³/mol. The quantitative estimate of drug-likeness (QED) is 0.826. The molecular weight excluding hydrogens is 224 g/mol. The molecule has 0 fully saturated rings. The number of rotatable bonds is 2. The molecule has 1 aliphatic rings. The Morgan fingerprint density at radius 2 is 2.19 bits per heavy atom. The Balaban J connectivity index is 2.70. The van der Waals surface area contributed by atoms with Gasteiger partial charge in [0.1, 0.15) is 0 Å². The molecule has 0 saturated carbocycles. The summed E-state index contributed by atoms with van der Waals surface area (Å²) in [6.45, 7) is 3.94. The van der Waals surface area contributed by atoms with Gasteiger partial charge in [-0.3, -0.25) is 4.98 Å². The van der Waals surface area contributed by atoms with Crippen LogP contribution in [0.3, 0.4) is 0 Å². The molecule has 16 heavy (non-hydrogen) atoms. The maximum Gasteiger partial charge on any atom is 0.338 e. The number of fused-ring (bicyclic) bond motifs is 1. The number of pyridine rings is 1. The summed E-state index contributed by atoms with van der Waals surface area (Å²) in [5, 5.41) is 9.22. The minimum absolute atomic E-state index is 0.147. The number of carboxylic acid groups (broad SMARTS) is 1. The maximum absolute atomic E-state index is 11.2. The van der Waals surface area contributed by atoms with Gasteiger partial charge in [0, 0.05) is 17.1 Å². The van der Waals surface area contributed by atoms with Crippen LogP contribution in [-0.4, -0.2) is 16.1 Å². The van der Waals surface area contributed by atoms with Gasteiger partial charge in [-0.2, -0.15) is 11.8 Å². The van der Waals surface area contributed by atoms with Crippen LogP contribution in [0.15, 0.2) is 0 Å². The molecule has 1 aliphatic heterocycles. The van der Waals surface area contributed by atoms with Gasteiger partial charge in [0.25, 0.3) is 0 Å². The molecule has 0 saturated heterocycles. The minimum atomic E-state index is -0.944. The first-order valence-electron chi connectivity index (χ1n) is 5.14. The Kier molecular flexibility index (Phi) is 2.80. The molecule has 1 aromatic rings. The largest absolute Gasteiger partial charge is 0.478 e. The van der Waals surface area contributed by atoms with Gasteiger partial charge in [0.15, 0.2) is 0 Å². The van der Waals surface area contributed by atoms with E-state index in [1.165, 1.54) is 0 Å². The summed E-state index contributed by atoms with van der Waals surface area (Å²) in [4.78, 5) is 15.7. The summed E-state index contributed by atoms with van der Waals surface area (Å²) >= 11 is 1.68. The topological polar surface area (TPSA) is 76.2 Å². The zero-order chi connectivity index (χ0) is 11.9. The van der Waals surface area contributed by atoms with Crippen LogP contribution in [0.5, 0.6) is 0 Å². The van der Waals surface area contributed by atoms with Crippen molar-refractivity contribution in [3.8, 4) is 0 Å². The van der Waals surface area contributed by atoms with E-state index in [1.807, 2.05) is 13.8 Å². The molecule has 0 aliphatic carbocycles. The van der Waals surface area contributed by atoms with Crippen LogP contribution in [0.4, 0.5) is 5.69 Å². The highest BCUT2D eigenvalue weighted by molar-refractivity contribution is 7.98. The third-order valence-corrected chi connectivity index (χ3v) is 3.67. The molecule has 0 atom stereocenters. The lowest BCUT2D eigenvalue weighted by Gasteiger charge is -2.14. The average molecular weight is 238 g/mol. The van der Waals surface area contributed by atoms with Crippen LogP contribution >= 0.6 is 11.8 Å². The number of nitrogens with two attached hydrogens (primary N) is 1. The van der Waals surface area contributed by atoms with Crippen LogP contribution in [0.25, 0.3) is 0 Å². The number of carbonyl (C=O) groups is 1. The Hall–Kier alpha value is -1.23. The van der Waals surface area contributed by atoms with Gasteiger partial charge in [-0.25, -0.2) is 4.79 Å². The number of nitrogen functional groups attached to an aromatic ring is 1.